The molecule has 0 radical (unpaired) electrons. The van der Waals surface area contributed by atoms with Gasteiger partial charge in [0.05, 0.1) is 11.4 Å². The fraction of sp³-hybridized carbons (Fsp3) is 0.385. The van der Waals surface area contributed by atoms with E-state index in [1.165, 1.54) is 18.4 Å². The summed E-state index contributed by atoms with van der Waals surface area (Å²) in [4.78, 5) is 0. The van der Waals surface area contributed by atoms with Crippen molar-refractivity contribution in [1.82, 2.24) is 0 Å². The third-order valence-electron chi connectivity index (χ3n) is 2.38. The number of benzene rings is 1. The molecule has 0 amide bonds. The van der Waals surface area contributed by atoms with Crippen LogP contribution in [0.15, 0.2) is 24.3 Å². The lowest BCUT2D eigenvalue weighted by Gasteiger charge is -2.05. The van der Waals surface area contributed by atoms with Crippen LogP contribution in [-0.4, -0.2) is 7.05 Å². The number of nitrogen functional groups attached to an aromatic ring is 1. The van der Waals surface area contributed by atoms with Crippen molar-refractivity contribution in [3.63, 3.8) is 0 Å². The predicted molar refractivity (Wildman–Crippen MR) is 69.0 cm³/mol. The number of allylic oxidation sites excluding steroid dienone is 1. The van der Waals surface area contributed by atoms with Gasteiger partial charge in [0.15, 0.2) is 0 Å². The van der Waals surface area contributed by atoms with Crippen molar-refractivity contribution in [2.45, 2.75) is 26.2 Å². The fourth-order valence-corrected chi connectivity index (χ4v) is 1.44. The predicted octanol–water partition coefficient (Wildman–Crippen LogP) is 3.51. The number of rotatable bonds is 5. The highest BCUT2D eigenvalue weighted by Gasteiger charge is 1.95. The van der Waals surface area contributed by atoms with E-state index in [1.807, 2.05) is 19.2 Å². The Hall–Kier alpha value is -1.44. The maximum atomic E-state index is 5.79. The lowest BCUT2D eigenvalue weighted by molar-refractivity contribution is 0.816. The molecule has 0 fully saturated rings. The first-order valence-corrected chi connectivity index (χ1v) is 5.51. The van der Waals surface area contributed by atoms with Crippen LogP contribution < -0.4 is 11.1 Å². The lowest BCUT2D eigenvalue weighted by atomic mass is 10.1. The Bertz CT molecular complexity index is 329. The van der Waals surface area contributed by atoms with Gasteiger partial charge in [-0.15, -0.1) is 0 Å². The summed E-state index contributed by atoms with van der Waals surface area (Å²) >= 11 is 0. The van der Waals surface area contributed by atoms with Crippen LogP contribution in [0.2, 0.25) is 0 Å². The number of anilines is 2. The maximum absolute atomic E-state index is 5.79. The summed E-state index contributed by atoms with van der Waals surface area (Å²) in [5.74, 6) is 0. The van der Waals surface area contributed by atoms with Crippen molar-refractivity contribution in [2.75, 3.05) is 18.1 Å². The van der Waals surface area contributed by atoms with Crippen LogP contribution in [0.5, 0.6) is 0 Å². The monoisotopic (exact) mass is 204 g/mol. The Kier molecular flexibility index (Phi) is 4.75. The summed E-state index contributed by atoms with van der Waals surface area (Å²) in [6.45, 7) is 2.20. The molecule has 3 N–H and O–H groups in total. The molecular weight excluding hydrogens is 184 g/mol. The zero-order chi connectivity index (χ0) is 11.1. The molecule has 0 atom stereocenters. The van der Waals surface area contributed by atoms with E-state index < -0.39 is 0 Å². The number of hydrogen-bond acceptors (Lipinski definition) is 2. The smallest absolute Gasteiger partial charge is 0.0577 e. The molecule has 0 saturated carbocycles. The van der Waals surface area contributed by atoms with Crippen molar-refractivity contribution in [3.8, 4) is 0 Å². The highest BCUT2D eigenvalue weighted by Crippen LogP contribution is 2.20. The second-order valence-corrected chi connectivity index (χ2v) is 3.64. The molecule has 1 aromatic rings. The molecule has 0 bridgehead atoms. The summed E-state index contributed by atoms with van der Waals surface area (Å²) in [5, 5.41) is 3.08. The third-order valence-corrected chi connectivity index (χ3v) is 2.38. The molecule has 0 aliphatic heterocycles. The van der Waals surface area contributed by atoms with Gasteiger partial charge >= 0.3 is 0 Å². The lowest BCUT2D eigenvalue weighted by Crippen LogP contribution is -1.95. The molecule has 0 unspecified atom stereocenters. The highest BCUT2D eigenvalue weighted by atomic mass is 14.8. The molecule has 0 saturated heterocycles. The van der Waals surface area contributed by atoms with E-state index in [0.717, 1.165) is 17.8 Å². The highest BCUT2D eigenvalue weighted by molar-refractivity contribution is 5.70. The number of nitrogens with one attached hydrogen (secondary N) is 1. The van der Waals surface area contributed by atoms with Gasteiger partial charge in [-0.2, -0.15) is 0 Å². The van der Waals surface area contributed by atoms with Gasteiger partial charge in [0.1, 0.15) is 0 Å². The van der Waals surface area contributed by atoms with Crippen LogP contribution in [-0.2, 0) is 0 Å². The molecule has 0 aliphatic carbocycles. The average Bonchev–Trinajstić information content (AvgIpc) is 2.26. The number of nitrogens with two attached hydrogens (primary N) is 1. The van der Waals surface area contributed by atoms with Crippen molar-refractivity contribution < 1.29 is 0 Å². The summed E-state index contributed by atoms with van der Waals surface area (Å²) in [7, 11) is 1.89. The minimum absolute atomic E-state index is 0.795. The quantitative estimate of drug-likeness (QED) is 0.569. The normalized spacial score (nSPS) is 10.8. The molecule has 82 valence electrons. The molecule has 0 spiro atoms. The first kappa shape index (κ1) is 11.6. The second kappa shape index (κ2) is 6.12. The average molecular weight is 204 g/mol. The molecule has 0 aromatic heterocycles. The molecule has 15 heavy (non-hydrogen) atoms. The van der Waals surface area contributed by atoms with Crippen LogP contribution in [0.1, 0.15) is 31.7 Å². The first-order chi connectivity index (χ1) is 7.27. The number of unbranched alkanes of at least 4 members (excludes halogenated alkanes) is 2. The van der Waals surface area contributed by atoms with Crippen molar-refractivity contribution in [1.29, 1.82) is 0 Å². The van der Waals surface area contributed by atoms with Gasteiger partial charge in [-0.25, -0.2) is 0 Å². The Labute approximate surface area is 92.2 Å². The molecule has 2 heteroatoms. The van der Waals surface area contributed by atoms with Gasteiger partial charge in [0.25, 0.3) is 0 Å². The van der Waals surface area contributed by atoms with Gasteiger partial charge in [-0.1, -0.05) is 38.0 Å². The number of hydrogen-bond donors (Lipinski definition) is 2. The summed E-state index contributed by atoms with van der Waals surface area (Å²) in [6, 6.07) is 6.04. The van der Waals surface area contributed by atoms with E-state index in [9.17, 15) is 0 Å². The van der Waals surface area contributed by atoms with E-state index in [0.29, 0.717) is 0 Å². The minimum Gasteiger partial charge on any atom is -0.397 e. The standard InChI is InChI=1S/C13H20N2/c1-3-4-5-6-7-11-8-9-12(14)13(10-11)15-2/h6-10,15H,3-5,14H2,1-2H3/b7-6+. The SMILES string of the molecule is CCCC/C=C/c1ccc(N)c(NC)c1. The van der Waals surface area contributed by atoms with Gasteiger partial charge < -0.3 is 11.1 Å². The van der Waals surface area contributed by atoms with E-state index in [-0.39, 0.29) is 0 Å². The Balaban J connectivity index is 2.65. The molecular formula is C13H20N2. The summed E-state index contributed by atoms with van der Waals surface area (Å²) in [5.41, 5.74) is 8.78. The first-order valence-electron chi connectivity index (χ1n) is 5.51. The van der Waals surface area contributed by atoms with Gasteiger partial charge in [-0.3, -0.25) is 0 Å². The summed E-state index contributed by atoms with van der Waals surface area (Å²) < 4.78 is 0. The zero-order valence-corrected chi connectivity index (χ0v) is 9.59. The molecule has 0 heterocycles. The topological polar surface area (TPSA) is 38.0 Å². The summed E-state index contributed by atoms with van der Waals surface area (Å²) in [6.07, 6.45) is 8.01. The molecule has 1 aromatic carbocycles. The van der Waals surface area contributed by atoms with Crippen molar-refractivity contribution in [3.05, 3.63) is 29.8 Å². The van der Waals surface area contributed by atoms with Crippen molar-refractivity contribution >= 4 is 17.5 Å². The van der Waals surface area contributed by atoms with Crippen molar-refractivity contribution in [2.24, 2.45) is 0 Å². The molecule has 0 aliphatic rings. The molecule has 2 nitrogen and oxygen atoms in total. The Morgan fingerprint density at radius 2 is 2.20 bits per heavy atom. The van der Waals surface area contributed by atoms with Gasteiger partial charge in [0.2, 0.25) is 0 Å². The van der Waals surface area contributed by atoms with Crippen LogP contribution in [0.3, 0.4) is 0 Å². The van der Waals surface area contributed by atoms with E-state index in [1.54, 1.807) is 0 Å². The third kappa shape index (κ3) is 3.66. The van der Waals surface area contributed by atoms with E-state index in [4.69, 9.17) is 5.73 Å². The Morgan fingerprint density at radius 3 is 2.87 bits per heavy atom. The minimum atomic E-state index is 0.795. The fourth-order valence-electron chi connectivity index (χ4n) is 1.44. The second-order valence-electron chi connectivity index (χ2n) is 3.64. The van der Waals surface area contributed by atoms with Crippen LogP contribution in [0.4, 0.5) is 11.4 Å². The van der Waals surface area contributed by atoms with Gasteiger partial charge in [0, 0.05) is 7.05 Å². The Morgan fingerprint density at radius 1 is 1.40 bits per heavy atom. The largest absolute Gasteiger partial charge is 0.397 e. The maximum Gasteiger partial charge on any atom is 0.0577 e. The van der Waals surface area contributed by atoms with E-state index >= 15 is 0 Å². The zero-order valence-electron chi connectivity index (χ0n) is 9.59. The van der Waals surface area contributed by atoms with Crippen LogP contribution >= 0.6 is 0 Å². The molecule has 1 rings (SSSR count). The van der Waals surface area contributed by atoms with E-state index in [2.05, 4.69) is 30.5 Å². The van der Waals surface area contributed by atoms with Crippen LogP contribution in [0.25, 0.3) is 6.08 Å². The van der Waals surface area contributed by atoms with Crippen LogP contribution in [0, 0.1) is 0 Å². The van der Waals surface area contributed by atoms with Gasteiger partial charge in [-0.05, 0) is 24.1 Å².